The molecule has 0 saturated heterocycles. The van der Waals surface area contributed by atoms with Gasteiger partial charge in [-0.2, -0.15) is 0 Å². The molecule has 2 N–H and O–H groups in total. The highest BCUT2D eigenvalue weighted by molar-refractivity contribution is 5.69. The summed E-state index contributed by atoms with van der Waals surface area (Å²) in [5, 5.41) is 11.9. The van der Waals surface area contributed by atoms with E-state index in [1.165, 1.54) is 0 Å². The largest absolute Gasteiger partial charge is 0.481 e. The molecule has 0 amide bonds. The van der Waals surface area contributed by atoms with Gasteiger partial charge in [0.15, 0.2) is 0 Å². The van der Waals surface area contributed by atoms with E-state index in [-0.39, 0.29) is 5.92 Å². The minimum atomic E-state index is -0.699. The second kappa shape index (κ2) is 7.32. The highest BCUT2D eigenvalue weighted by Gasteiger charge is 2.09. The molecule has 3 heteroatoms. The van der Waals surface area contributed by atoms with Crippen LogP contribution in [0.4, 0.5) is 0 Å². The van der Waals surface area contributed by atoms with Crippen molar-refractivity contribution in [3.8, 4) is 0 Å². The Morgan fingerprint density at radius 1 is 1.33 bits per heavy atom. The number of unbranched alkanes of at least 4 members (excludes halogenated alkanes) is 1. The van der Waals surface area contributed by atoms with Crippen molar-refractivity contribution in [1.82, 2.24) is 5.32 Å². The van der Waals surface area contributed by atoms with E-state index in [0.29, 0.717) is 5.92 Å². The summed E-state index contributed by atoms with van der Waals surface area (Å²) in [5.74, 6) is -0.462. The van der Waals surface area contributed by atoms with Crippen LogP contribution in [-0.4, -0.2) is 17.6 Å². The number of carbonyl (C=O) groups is 1. The quantitative estimate of drug-likeness (QED) is 0.609. The van der Waals surface area contributed by atoms with E-state index in [1.807, 2.05) is 0 Å². The molecule has 0 heterocycles. The third-order valence-electron chi connectivity index (χ3n) is 2.53. The number of hydrogen-bond acceptors (Lipinski definition) is 2. The minimum Gasteiger partial charge on any atom is -0.481 e. The van der Waals surface area contributed by atoms with Crippen LogP contribution in [0.25, 0.3) is 0 Å². The van der Waals surface area contributed by atoms with E-state index in [2.05, 4.69) is 25.7 Å². The number of rotatable bonds is 8. The Bertz CT molecular complexity index is 212. The first-order chi connectivity index (χ1) is 6.95. The maximum Gasteiger partial charge on any atom is 0.306 e. The molecule has 0 aromatic carbocycles. The lowest BCUT2D eigenvalue weighted by atomic mass is 10.0. The summed E-state index contributed by atoms with van der Waals surface area (Å²) in [4.78, 5) is 10.5. The fourth-order valence-corrected chi connectivity index (χ4v) is 1.15. The van der Waals surface area contributed by atoms with Crippen molar-refractivity contribution in [2.75, 3.05) is 6.54 Å². The molecule has 0 bridgehead atoms. The van der Waals surface area contributed by atoms with Crippen molar-refractivity contribution in [2.24, 2.45) is 11.8 Å². The maximum atomic E-state index is 10.5. The Morgan fingerprint density at radius 2 is 1.93 bits per heavy atom. The van der Waals surface area contributed by atoms with Crippen LogP contribution in [0.3, 0.4) is 0 Å². The first-order valence-corrected chi connectivity index (χ1v) is 5.60. The van der Waals surface area contributed by atoms with Gasteiger partial charge < -0.3 is 10.4 Å². The summed E-state index contributed by atoms with van der Waals surface area (Å²) < 4.78 is 0. The van der Waals surface area contributed by atoms with Crippen LogP contribution in [0.15, 0.2) is 12.3 Å². The molecule has 0 aliphatic rings. The van der Waals surface area contributed by atoms with Gasteiger partial charge in [0, 0.05) is 12.2 Å². The maximum absolute atomic E-state index is 10.5. The Hall–Kier alpha value is -0.990. The Balaban J connectivity index is 3.40. The summed E-state index contributed by atoms with van der Waals surface area (Å²) in [6.07, 6.45) is 2.71. The Morgan fingerprint density at radius 3 is 2.40 bits per heavy atom. The van der Waals surface area contributed by atoms with Gasteiger partial charge in [0.2, 0.25) is 0 Å². The van der Waals surface area contributed by atoms with Crippen LogP contribution >= 0.6 is 0 Å². The van der Waals surface area contributed by atoms with Gasteiger partial charge in [-0.1, -0.05) is 33.8 Å². The molecule has 0 aromatic rings. The molecule has 0 aliphatic carbocycles. The standard InChI is InChI=1S/C12H23NO2/c1-9(2)11(4)13-8-6-5-7-10(3)12(14)15/h9-10,13H,4-8H2,1-3H3,(H,14,15). The lowest BCUT2D eigenvalue weighted by Crippen LogP contribution is -2.18. The third kappa shape index (κ3) is 7.00. The fourth-order valence-electron chi connectivity index (χ4n) is 1.15. The van der Waals surface area contributed by atoms with E-state index >= 15 is 0 Å². The van der Waals surface area contributed by atoms with Crippen LogP contribution in [0.5, 0.6) is 0 Å². The van der Waals surface area contributed by atoms with E-state index in [9.17, 15) is 4.79 Å². The molecule has 3 nitrogen and oxygen atoms in total. The number of carboxylic acids is 1. The number of aliphatic carboxylic acids is 1. The van der Waals surface area contributed by atoms with Crippen molar-refractivity contribution in [3.63, 3.8) is 0 Å². The SMILES string of the molecule is C=C(NCCCCC(C)C(=O)O)C(C)C. The highest BCUT2D eigenvalue weighted by atomic mass is 16.4. The van der Waals surface area contributed by atoms with Crippen molar-refractivity contribution in [1.29, 1.82) is 0 Å². The Kier molecular flexibility index (Phi) is 6.84. The average molecular weight is 213 g/mol. The summed E-state index contributed by atoms with van der Waals surface area (Å²) in [5.41, 5.74) is 1.06. The second-order valence-corrected chi connectivity index (χ2v) is 4.34. The molecule has 0 spiro atoms. The van der Waals surface area contributed by atoms with Crippen molar-refractivity contribution in [2.45, 2.75) is 40.0 Å². The molecule has 0 saturated carbocycles. The first kappa shape index (κ1) is 14.0. The molecule has 0 radical (unpaired) electrons. The highest BCUT2D eigenvalue weighted by Crippen LogP contribution is 2.08. The zero-order valence-corrected chi connectivity index (χ0v) is 10.0. The van der Waals surface area contributed by atoms with Crippen LogP contribution in [-0.2, 0) is 4.79 Å². The van der Waals surface area contributed by atoms with Crippen molar-refractivity contribution < 1.29 is 9.90 Å². The zero-order valence-electron chi connectivity index (χ0n) is 10.0. The van der Waals surface area contributed by atoms with Crippen molar-refractivity contribution in [3.05, 3.63) is 12.3 Å². The van der Waals surface area contributed by atoms with Crippen LogP contribution in [0.1, 0.15) is 40.0 Å². The van der Waals surface area contributed by atoms with Crippen molar-refractivity contribution >= 4 is 5.97 Å². The van der Waals surface area contributed by atoms with Gasteiger partial charge in [-0.05, 0) is 18.8 Å². The number of carboxylic acid groups (broad SMARTS) is 1. The topological polar surface area (TPSA) is 49.3 Å². The van der Waals surface area contributed by atoms with Gasteiger partial charge in [-0.25, -0.2) is 0 Å². The third-order valence-corrected chi connectivity index (χ3v) is 2.53. The molecular formula is C12H23NO2. The summed E-state index contributed by atoms with van der Waals surface area (Å²) >= 11 is 0. The molecule has 1 atom stereocenters. The predicted octanol–water partition coefficient (Wildman–Crippen LogP) is 2.64. The lowest BCUT2D eigenvalue weighted by Gasteiger charge is -2.12. The van der Waals surface area contributed by atoms with Crippen LogP contribution < -0.4 is 5.32 Å². The van der Waals surface area contributed by atoms with Gasteiger partial charge in [-0.15, -0.1) is 0 Å². The fraction of sp³-hybridized carbons (Fsp3) is 0.750. The van der Waals surface area contributed by atoms with Gasteiger partial charge in [0.1, 0.15) is 0 Å². The first-order valence-electron chi connectivity index (χ1n) is 5.60. The molecular weight excluding hydrogens is 190 g/mol. The molecule has 0 aliphatic heterocycles. The molecule has 0 aromatic heterocycles. The second-order valence-electron chi connectivity index (χ2n) is 4.34. The molecule has 0 rings (SSSR count). The summed E-state index contributed by atoms with van der Waals surface area (Å²) in [6, 6.07) is 0. The van der Waals surface area contributed by atoms with E-state index in [4.69, 9.17) is 5.11 Å². The van der Waals surface area contributed by atoms with E-state index < -0.39 is 5.97 Å². The lowest BCUT2D eigenvalue weighted by molar-refractivity contribution is -0.141. The number of nitrogens with one attached hydrogen (secondary N) is 1. The van der Waals surface area contributed by atoms with Crippen LogP contribution in [0.2, 0.25) is 0 Å². The number of hydrogen-bond donors (Lipinski definition) is 2. The van der Waals surface area contributed by atoms with Gasteiger partial charge >= 0.3 is 5.97 Å². The predicted molar refractivity (Wildman–Crippen MR) is 62.6 cm³/mol. The van der Waals surface area contributed by atoms with Gasteiger partial charge in [0.25, 0.3) is 0 Å². The van der Waals surface area contributed by atoms with Gasteiger partial charge in [0.05, 0.1) is 5.92 Å². The summed E-state index contributed by atoms with van der Waals surface area (Å²) in [6.45, 7) is 10.8. The van der Waals surface area contributed by atoms with E-state index in [1.54, 1.807) is 6.92 Å². The summed E-state index contributed by atoms with van der Waals surface area (Å²) in [7, 11) is 0. The minimum absolute atomic E-state index is 0.224. The molecule has 1 unspecified atom stereocenters. The Labute approximate surface area is 92.6 Å². The molecule has 88 valence electrons. The average Bonchev–Trinajstić information content (AvgIpc) is 2.16. The monoisotopic (exact) mass is 213 g/mol. The number of allylic oxidation sites excluding steroid dienone is 1. The molecule has 0 fully saturated rings. The van der Waals surface area contributed by atoms with Gasteiger partial charge in [-0.3, -0.25) is 4.79 Å². The zero-order chi connectivity index (χ0) is 11.8. The normalized spacial score (nSPS) is 12.5. The smallest absolute Gasteiger partial charge is 0.306 e. The van der Waals surface area contributed by atoms with Crippen LogP contribution in [0, 0.1) is 11.8 Å². The van der Waals surface area contributed by atoms with E-state index in [0.717, 1.165) is 31.5 Å². The molecule has 15 heavy (non-hydrogen) atoms.